The molecule has 2 amide bonds. The molecule has 2 aromatic rings. The van der Waals surface area contributed by atoms with Crippen LogP contribution in [0.15, 0.2) is 54.6 Å². The van der Waals surface area contributed by atoms with E-state index in [1.54, 1.807) is 0 Å². The Hall–Kier alpha value is -2.49. The van der Waals surface area contributed by atoms with Gasteiger partial charge in [0.25, 0.3) is 0 Å². The Kier molecular flexibility index (Phi) is 4.05. The molecule has 1 atom stereocenters. The van der Waals surface area contributed by atoms with E-state index in [-0.39, 0.29) is 12.1 Å². The molecule has 0 bridgehead atoms. The molecule has 0 fully saturated rings. The lowest BCUT2D eigenvalue weighted by atomic mass is 10.0. The largest absolute Gasteiger partial charge is 0.491 e. The molecule has 0 aliphatic carbocycles. The van der Waals surface area contributed by atoms with E-state index in [0.29, 0.717) is 13.2 Å². The smallest absolute Gasteiger partial charge is 0.315 e. The second-order valence-corrected chi connectivity index (χ2v) is 5.13. The van der Waals surface area contributed by atoms with Crippen molar-refractivity contribution in [3.63, 3.8) is 0 Å². The van der Waals surface area contributed by atoms with Gasteiger partial charge in [-0.05, 0) is 23.6 Å². The average Bonchev–Trinajstić information content (AvgIpc) is 2.54. The molecule has 0 aromatic heterocycles. The van der Waals surface area contributed by atoms with Crippen LogP contribution in [-0.4, -0.2) is 18.7 Å². The van der Waals surface area contributed by atoms with Crippen molar-refractivity contribution >= 4 is 6.03 Å². The first-order chi connectivity index (χ1) is 10.3. The van der Waals surface area contributed by atoms with E-state index in [1.165, 1.54) is 0 Å². The highest BCUT2D eigenvalue weighted by molar-refractivity contribution is 5.74. The Balaban J connectivity index is 1.50. The molecular formula is C17H18N2O2. The molecule has 1 aliphatic rings. The van der Waals surface area contributed by atoms with Gasteiger partial charge in [-0.2, -0.15) is 0 Å². The van der Waals surface area contributed by atoms with Gasteiger partial charge < -0.3 is 15.4 Å². The van der Waals surface area contributed by atoms with Gasteiger partial charge in [0.2, 0.25) is 0 Å². The van der Waals surface area contributed by atoms with Crippen molar-refractivity contribution in [2.75, 3.05) is 6.61 Å². The summed E-state index contributed by atoms with van der Waals surface area (Å²) in [5.74, 6) is 0.917. The number of rotatable bonds is 3. The van der Waals surface area contributed by atoms with E-state index in [4.69, 9.17) is 4.74 Å². The fraction of sp³-hybridized carbons (Fsp3) is 0.235. The van der Waals surface area contributed by atoms with Gasteiger partial charge >= 0.3 is 6.03 Å². The first-order valence-corrected chi connectivity index (χ1v) is 7.10. The van der Waals surface area contributed by atoms with Gasteiger partial charge in [-0.3, -0.25) is 0 Å². The summed E-state index contributed by atoms with van der Waals surface area (Å²) < 4.78 is 5.66. The third-order valence-corrected chi connectivity index (χ3v) is 3.51. The number of amides is 2. The fourth-order valence-corrected chi connectivity index (χ4v) is 2.44. The molecule has 0 saturated heterocycles. The number of hydrogen-bond donors (Lipinski definition) is 2. The Morgan fingerprint density at radius 1 is 1.10 bits per heavy atom. The maximum absolute atomic E-state index is 11.9. The number of carbonyl (C=O) groups excluding carboxylic acids is 1. The maximum Gasteiger partial charge on any atom is 0.315 e. The van der Waals surface area contributed by atoms with Crippen LogP contribution in [-0.2, 0) is 13.0 Å². The van der Waals surface area contributed by atoms with Crippen LogP contribution in [0.5, 0.6) is 5.75 Å². The third kappa shape index (κ3) is 3.54. The molecule has 2 N–H and O–H groups in total. The van der Waals surface area contributed by atoms with E-state index in [0.717, 1.165) is 23.3 Å². The van der Waals surface area contributed by atoms with Crippen LogP contribution in [0.2, 0.25) is 0 Å². The summed E-state index contributed by atoms with van der Waals surface area (Å²) in [5, 5.41) is 5.82. The van der Waals surface area contributed by atoms with Crippen molar-refractivity contribution in [3.8, 4) is 5.75 Å². The number of ether oxygens (including phenoxy) is 1. The van der Waals surface area contributed by atoms with Crippen molar-refractivity contribution in [2.24, 2.45) is 0 Å². The third-order valence-electron chi connectivity index (χ3n) is 3.51. The molecule has 108 valence electrons. The molecular weight excluding hydrogens is 264 g/mol. The Morgan fingerprint density at radius 2 is 1.86 bits per heavy atom. The van der Waals surface area contributed by atoms with Crippen LogP contribution in [0.3, 0.4) is 0 Å². The highest BCUT2D eigenvalue weighted by Gasteiger charge is 2.20. The Labute approximate surface area is 124 Å². The van der Waals surface area contributed by atoms with E-state index in [1.807, 2.05) is 54.6 Å². The molecule has 2 aromatic carbocycles. The predicted octanol–water partition coefficient (Wildman–Crippen LogP) is 2.49. The monoisotopic (exact) mass is 282 g/mol. The molecule has 1 aliphatic heterocycles. The summed E-state index contributed by atoms with van der Waals surface area (Å²) in [5.41, 5.74) is 2.22. The van der Waals surface area contributed by atoms with Crippen LogP contribution in [0, 0.1) is 0 Å². The minimum Gasteiger partial charge on any atom is -0.491 e. The molecule has 0 saturated carbocycles. The Bertz CT molecular complexity index is 613. The number of benzene rings is 2. The van der Waals surface area contributed by atoms with Crippen LogP contribution in [0.4, 0.5) is 4.79 Å². The van der Waals surface area contributed by atoms with Gasteiger partial charge in [0.1, 0.15) is 12.4 Å². The molecule has 0 radical (unpaired) electrons. The van der Waals surface area contributed by atoms with E-state index in [9.17, 15) is 4.79 Å². The van der Waals surface area contributed by atoms with Crippen LogP contribution < -0.4 is 15.4 Å². The fourth-order valence-electron chi connectivity index (χ4n) is 2.44. The topological polar surface area (TPSA) is 50.4 Å². The number of hydrogen-bond acceptors (Lipinski definition) is 2. The highest BCUT2D eigenvalue weighted by atomic mass is 16.5. The summed E-state index contributed by atoms with van der Waals surface area (Å²) in [4.78, 5) is 11.9. The summed E-state index contributed by atoms with van der Waals surface area (Å²) >= 11 is 0. The average molecular weight is 282 g/mol. The van der Waals surface area contributed by atoms with Gasteiger partial charge in [-0.15, -0.1) is 0 Å². The summed E-state index contributed by atoms with van der Waals surface area (Å²) in [6, 6.07) is 17.6. The molecule has 4 heteroatoms. The lowest BCUT2D eigenvalue weighted by Gasteiger charge is -2.26. The lowest BCUT2D eigenvalue weighted by Crippen LogP contribution is -2.47. The van der Waals surface area contributed by atoms with E-state index < -0.39 is 0 Å². The van der Waals surface area contributed by atoms with Crippen LogP contribution in [0.1, 0.15) is 11.1 Å². The molecule has 4 nitrogen and oxygen atoms in total. The second-order valence-electron chi connectivity index (χ2n) is 5.13. The molecule has 21 heavy (non-hydrogen) atoms. The van der Waals surface area contributed by atoms with Crippen molar-refractivity contribution < 1.29 is 9.53 Å². The standard InChI is InChI=1S/C17H18N2O2/c20-17(18-11-13-6-2-1-3-7-13)19-15-10-14-8-4-5-9-16(14)21-12-15/h1-9,15H,10-12H2,(H2,18,19,20)/t15-/m0/s1. The normalized spacial score (nSPS) is 16.5. The van der Waals surface area contributed by atoms with Gasteiger partial charge in [0.15, 0.2) is 0 Å². The van der Waals surface area contributed by atoms with Gasteiger partial charge in [-0.1, -0.05) is 48.5 Å². The Morgan fingerprint density at radius 3 is 2.71 bits per heavy atom. The van der Waals surface area contributed by atoms with Crippen molar-refractivity contribution in [2.45, 2.75) is 19.0 Å². The van der Waals surface area contributed by atoms with E-state index >= 15 is 0 Å². The number of urea groups is 1. The van der Waals surface area contributed by atoms with Gasteiger partial charge in [0.05, 0.1) is 6.04 Å². The number of nitrogens with one attached hydrogen (secondary N) is 2. The summed E-state index contributed by atoms with van der Waals surface area (Å²) in [6.07, 6.45) is 0.801. The summed E-state index contributed by atoms with van der Waals surface area (Å²) in [6.45, 7) is 1.03. The second kappa shape index (κ2) is 6.31. The SMILES string of the molecule is O=C(NCc1ccccc1)N[C@@H]1COc2ccccc2C1. The zero-order valence-corrected chi connectivity index (χ0v) is 11.7. The minimum atomic E-state index is -0.160. The molecule has 1 heterocycles. The van der Waals surface area contributed by atoms with Crippen molar-refractivity contribution in [1.82, 2.24) is 10.6 Å². The number of para-hydroxylation sites is 1. The van der Waals surface area contributed by atoms with E-state index in [2.05, 4.69) is 10.6 Å². The van der Waals surface area contributed by atoms with Gasteiger partial charge in [-0.25, -0.2) is 4.79 Å². The van der Waals surface area contributed by atoms with Crippen LogP contribution in [0.25, 0.3) is 0 Å². The zero-order valence-electron chi connectivity index (χ0n) is 11.7. The van der Waals surface area contributed by atoms with Crippen molar-refractivity contribution in [1.29, 1.82) is 0 Å². The van der Waals surface area contributed by atoms with Gasteiger partial charge in [0, 0.05) is 6.54 Å². The zero-order chi connectivity index (χ0) is 14.5. The first-order valence-electron chi connectivity index (χ1n) is 7.10. The number of carbonyl (C=O) groups is 1. The van der Waals surface area contributed by atoms with Crippen LogP contribution >= 0.6 is 0 Å². The van der Waals surface area contributed by atoms with Crippen molar-refractivity contribution in [3.05, 3.63) is 65.7 Å². The summed E-state index contributed by atoms with van der Waals surface area (Å²) in [7, 11) is 0. The lowest BCUT2D eigenvalue weighted by molar-refractivity contribution is 0.214. The number of fused-ring (bicyclic) bond motifs is 1. The quantitative estimate of drug-likeness (QED) is 0.908. The predicted molar refractivity (Wildman–Crippen MR) is 81.2 cm³/mol. The molecule has 0 unspecified atom stereocenters. The molecule has 3 rings (SSSR count). The minimum absolute atomic E-state index is 0.00988. The maximum atomic E-state index is 11.9. The first kappa shape index (κ1) is 13.5. The highest BCUT2D eigenvalue weighted by Crippen LogP contribution is 2.23. The molecule has 0 spiro atoms.